The molecule has 19 heavy (non-hydrogen) atoms. The van der Waals surface area contributed by atoms with Gasteiger partial charge in [-0.3, -0.25) is 4.57 Å². The van der Waals surface area contributed by atoms with Crippen molar-refractivity contribution in [2.45, 2.75) is 12.1 Å². The zero-order chi connectivity index (χ0) is 14.2. The summed E-state index contributed by atoms with van der Waals surface area (Å²) >= 11 is 0. The van der Waals surface area contributed by atoms with Gasteiger partial charge in [-0.05, 0) is 19.1 Å². The molecule has 8 heteroatoms. The Morgan fingerprint density at radius 3 is 2.53 bits per heavy atom. The van der Waals surface area contributed by atoms with Crippen LogP contribution in [0.15, 0.2) is 23.4 Å². The largest absolute Gasteiger partial charge is 0.496 e. The molecule has 0 aliphatic carbocycles. The molecule has 0 fully saturated rings. The molecule has 1 aromatic carbocycles. The fourth-order valence-corrected chi connectivity index (χ4v) is 2.42. The fraction of sp³-hybridized carbons (Fsp3) is 0.273. The summed E-state index contributed by atoms with van der Waals surface area (Å²) in [6, 6.07) is 5.52. The molecule has 2 rings (SSSR count). The summed E-state index contributed by atoms with van der Waals surface area (Å²) in [4.78, 5) is 0. The molecule has 0 spiro atoms. The highest BCUT2D eigenvalue weighted by Crippen LogP contribution is 2.29. The van der Waals surface area contributed by atoms with Crippen LogP contribution in [0.2, 0.25) is 0 Å². The highest BCUT2D eigenvalue weighted by Gasteiger charge is 2.21. The summed E-state index contributed by atoms with van der Waals surface area (Å²) in [5.74, 6) is 0.964. The number of methoxy groups -OCH3 is 1. The highest BCUT2D eigenvalue weighted by atomic mass is 32.2. The van der Waals surface area contributed by atoms with Crippen molar-refractivity contribution in [1.29, 1.82) is 0 Å². The lowest BCUT2D eigenvalue weighted by atomic mass is 10.1. The molecule has 1 aromatic heterocycles. The van der Waals surface area contributed by atoms with Gasteiger partial charge in [-0.1, -0.05) is 11.6 Å². The molecule has 0 amide bonds. The third-order valence-electron chi connectivity index (χ3n) is 2.69. The first kappa shape index (κ1) is 13.5. The van der Waals surface area contributed by atoms with Gasteiger partial charge in [0.25, 0.3) is 15.2 Å². The van der Waals surface area contributed by atoms with Gasteiger partial charge in [0, 0.05) is 7.05 Å². The number of primary sulfonamides is 1. The Hall–Kier alpha value is -1.93. The second-order valence-electron chi connectivity index (χ2n) is 4.11. The summed E-state index contributed by atoms with van der Waals surface area (Å²) in [6.07, 6.45) is 0. The minimum Gasteiger partial charge on any atom is -0.496 e. The normalized spacial score (nSPS) is 11.6. The molecule has 0 saturated carbocycles. The first-order valence-corrected chi connectivity index (χ1v) is 6.96. The average molecular weight is 282 g/mol. The minimum absolute atomic E-state index is 0.286. The van der Waals surface area contributed by atoms with Crippen molar-refractivity contribution in [2.75, 3.05) is 7.11 Å². The molecule has 1 heterocycles. The molecular weight excluding hydrogens is 268 g/mol. The number of hydrogen-bond acceptors (Lipinski definition) is 5. The van der Waals surface area contributed by atoms with Gasteiger partial charge in [-0.25, -0.2) is 13.6 Å². The Bertz CT molecular complexity index is 722. The van der Waals surface area contributed by atoms with Crippen LogP contribution < -0.4 is 9.88 Å². The molecule has 7 nitrogen and oxygen atoms in total. The lowest BCUT2D eigenvalue weighted by Crippen LogP contribution is -2.17. The first-order valence-electron chi connectivity index (χ1n) is 5.42. The summed E-state index contributed by atoms with van der Waals surface area (Å²) in [7, 11) is -0.830. The van der Waals surface area contributed by atoms with Gasteiger partial charge < -0.3 is 4.74 Å². The van der Waals surface area contributed by atoms with Crippen molar-refractivity contribution in [3.8, 4) is 17.1 Å². The number of hydrogen-bond donors (Lipinski definition) is 1. The van der Waals surface area contributed by atoms with Crippen LogP contribution >= 0.6 is 0 Å². The predicted octanol–water partition coefficient (Wildman–Crippen LogP) is 0.447. The number of aryl methyl sites for hydroxylation is 1. The van der Waals surface area contributed by atoms with Gasteiger partial charge >= 0.3 is 0 Å². The van der Waals surface area contributed by atoms with E-state index in [1.54, 1.807) is 6.07 Å². The Morgan fingerprint density at radius 2 is 2.00 bits per heavy atom. The lowest BCUT2D eigenvalue weighted by molar-refractivity contribution is 0.416. The highest BCUT2D eigenvalue weighted by molar-refractivity contribution is 7.89. The van der Waals surface area contributed by atoms with Gasteiger partial charge in [0.05, 0.1) is 12.7 Å². The molecule has 102 valence electrons. The van der Waals surface area contributed by atoms with Crippen molar-refractivity contribution in [3.63, 3.8) is 0 Å². The van der Waals surface area contributed by atoms with Crippen LogP contribution in [0.3, 0.4) is 0 Å². The number of aromatic nitrogens is 3. The van der Waals surface area contributed by atoms with Crippen LogP contribution in [0, 0.1) is 6.92 Å². The number of benzene rings is 1. The number of nitrogens with zero attached hydrogens (tertiary/aromatic N) is 3. The Kier molecular flexibility index (Phi) is 3.29. The molecule has 0 aliphatic heterocycles. The van der Waals surface area contributed by atoms with E-state index in [0.29, 0.717) is 17.1 Å². The van der Waals surface area contributed by atoms with Crippen molar-refractivity contribution in [1.82, 2.24) is 14.8 Å². The molecule has 2 N–H and O–H groups in total. The topological polar surface area (TPSA) is 100 Å². The van der Waals surface area contributed by atoms with Gasteiger partial charge in [0.1, 0.15) is 5.75 Å². The number of sulfonamides is 1. The Balaban J connectivity index is 2.67. The lowest BCUT2D eigenvalue weighted by Gasteiger charge is -2.09. The van der Waals surface area contributed by atoms with E-state index in [4.69, 9.17) is 9.88 Å². The van der Waals surface area contributed by atoms with Crippen LogP contribution in [0.4, 0.5) is 0 Å². The molecule has 2 aromatic rings. The summed E-state index contributed by atoms with van der Waals surface area (Å²) in [6.45, 7) is 1.92. The smallest absolute Gasteiger partial charge is 0.273 e. The monoisotopic (exact) mass is 282 g/mol. The van der Waals surface area contributed by atoms with Crippen molar-refractivity contribution in [3.05, 3.63) is 23.8 Å². The zero-order valence-electron chi connectivity index (χ0n) is 10.8. The predicted molar refractivity (Wildman–Crippen MR) is 69.1 cm³/mol. The maximum atomic E-state index is 11.3. The second-order valence-corrected chi connectivity index (χ2v) is 5.57. The van der Waals surface area contributed by atoms with Crippen molar-refractivity contribution < 1.29 is 13.2 Å². The number of nitrogens with two attached hydrogens (primary N) is 1. The molecule has 0 aliphatic rings. The number of ether oxygens (including phenoxy) is 1. The molecule has 0 bridgehead atoms. The van der Waals surface area contributed by atoms with Crippen LogP contribution in [-0.2, 0) is 17.1 Å². The third kappa shape index (κ3) is 2.45. The third-order valence-corrected chi connectivity index (χ3v) is 3.55. The molecular formula is C11H14N4O3S. The van der Waals surface area contributed by atoms with Crippen LogP contribution in [-0.4, -0.2) is 30.3 Å². The summed E-state index contributed by atoms with van der Waals surface area (Å²) in [5.41, 5.74) is 1.66. The van der Waals surface area contributed by atoms with Crippen LogP contribution in [0.5, 0.6) is 5.75 Å². The van der Waals surface area contributed by atoms with Gasteiger partial charge in [-0.2, -0.15) is 0 Å². The fourth-order valence-electron chi connectivity index (χ4n) is 1.79. The van der Waals surface area contributed by atoms with E-state index in [1.807, 2.05) is 19.1 Å². The molecule has 0 radical (unpaired) electrons. The summed E-state index contributed by atoms with van der Waals surface area (Å²) < 4.78 is 29.3. The van der Waals surface area contributed by atoms with E-state index in [-0.39, 0.29) is 5.16 Å². The first-order chi connectivity index (χ1) is 8.84. The zero-order valence-corrected chi connectivity index (χ0v) is 11.6. The van der Waals surface area contributed by atoms with Gasteiger partial charge in [0.15, 0.2) is 5.82 Å². The molecule has 0 saturated heterocycles. The van der Waals surface area contributed by atoms with Crippen molar-refractivity contribution in [2.24, 2.45) is 12.2 Å². The average Bonchev–Trinajstić information content (AvgIpc) is 2.70. The van der Waals surface area contributed by atoms with E-state index in [2.05, 4.69) is 10.2 Å². The maximum Gasteiger partial charge on any atom is 0.273 e. The Labute approximate surface area is 111 Å². The van der Waals surface area contributed by atoms with Gasteiger partial charge in [-0.15, -0.1) is 10.2 Å². The van der Waals surface area contributed by atoms with E-state index in [9.17, 15) is 8.42 Å². The minimum atomic E-state index is -3.90. The Morgan fingerprint density at radius 1 is 1.32 bits per heavy atom. The number of rotatable bonds is 3. The maximum absolute atomic E-state index is 11.3. The molecule has 0 atom stereocenters. The van der Waals surface area contributed by atoms with E-state index in [1.165, 1.54) is 18.7 Å². The quantitative estimate of drug-likeness (QED) is 0.880. The SMILES string of the molecule is COc1ccc(C)cc1-c1nnc(S(N)(=O)=O)n1C. The van der Waals surface area contributed by atoms with Crippen molar-refractivity contribution >= 4 is 10.0 Å². The van der Waals surface area contributed by atoms with E-state index >= 15 is 0 Å². The second kappa shape index (κ2) is 4.63. The van der Waals surface area contributed by atoms with Crippen LogP contribution in [0.25, 0.3) is 11.4 Å². The van der Waals surface area contributed by atoms with E-state index < -0.39 is 10.0 Å². The van der Waals surface area contributed by atoms with Gasteiger partial charge in [0.2, 0.25) is 0 Å². The summed E-state index contributed by atoms with van der Waals surface area (Å²) in [5, 5.41) is 12.3. The molecule has 0 unspecified atom stereocenters. The van der Waals surface area contributed by atoms with Crippen LogP contribution in [0.1, 0.15) is 5.56 Å². The standard InChI is InChI=1S/C11H14N4O3S/c1-7-4-5-9(18-3)8(6-7)10-13-14-11(15(10)2)19(12,16)17/h4-6H,1-3H3,(H2,12,16,17). The van der Waals surface area contributed by atoms with E-state index in [0.717, 1.165) is 5.56 Å².